The monoisotopic (exact) mass is 817 g/mol. The van der Waals surface area contributed by atoms with Gasteiger partial charge in [-0.3, -0.25) is 0 Å². The molecule has 0 N–H and O–H groups in total. The molecule has 302 valence electrons. The van der Waals surface area contributed by atoms with Gasteiger partial charge < -0.3 is 9.32 Å². The maximum atomic E-state index is 6.52. The lowest BCUT2D eigenvalue weighted by Crippen LogP contribution is -2.22. The van der Waals surface area contributed by atoms with Crippen molar-refractivity contribution < 1.29 is 4.42 Å². The zero-order valence-corrected chi connectivity index (χ0v) is 35.4. The molecule has 0 fully saturated rings. The second kappa shape index (κ2) is 15.3. The topological polar surface area (TPSA) is 16.4 Å². The standard InChI is InChI=1S/C62H43NO/c1-62(45-21-6-3-7-22-45)55-30-15-12-27-51(55)52-40-37-44(41-56(52)62)42-35-38-46(39-36-42)63(58-32-18-34-60-61(58)54-29-14-17-33-59(54)64-60)57-31-16-13-28-53(57)50-26-11-10-25-49(50)48-24-9-8-23-47(48)43-19-4-2-5-20-43/h2-41H,1H3. The van der Waals surface area contributed by atoms with Crippen LogP contribution in [0.5, 0.6) is 0 Å². The summed E-state index contributed by atoms with van der Waals surface area (Å²) >= 11 is 0. The number of rotatable bonds is 8. The molecule has 1 aliphatic rings. The van der Waals surface area contributed by atoms with Gasteiger partial charge in [-0.1, -0.05) is 200 Å². The molecule has 0 amide bonds. The molecular weight excluding hydrogens is 775 g/mol. The zero-order chi connectivity index (χ0) is 42.6. The first-order valence-corrected chi connectivity index (χ1v) is 22.1. The molecule has 0 bridgehead atoms. The Balaban J connectivity index is 1.03. The molecule has 0 saturated heterocycles. The molecule has 12 rings (SSSR count). The van der Waals surface area contributed by atoms with Gasteiger partial charge in [-0.25, -0.2) is 0 Å². The number of benzene rings is 10. The summed E-state index contributed by atoms with van der Waals surface area (Å²) in [6.45, 7) is 2.38. The summed E-state index contributed by atoms with van der Waals surface area (Å²) in [7, 11) is 0. The second-order valence-electron chi connectivity index (χ2n) is 16.9. The highest BCUT2D eigenvalue weighted by molar-refractivity contribution is 6.14. The van der Waals surface area contributed by atoms with Gasteiger partial charge in [-0.2, -0.15) is 0 Å². The Hall–Kier alpha value is -8.20. The molecule has 1 heterocycles. The SMILES string of the molecule is CC1(c2ccccc2)c2ccccc2-c2ccc(-c3ccc(N(c4ccccc4-c4ccccc4-c4ccccc4-c4ccccc4)c4cccc5oc6ccccc6c45)cc3)cc21. The van der Waals surface area contributed by atoms with Crippen LogP contribution in [-0.4, -0.2) is 0 Å². The number of furan rings is 1. The predicted octanol–water partition coefficient (Wildman–Crippen LogP) is 17.1. The summed E-state index contributed by atoms with van der Waals surface area (Å²) in [5.41, 5.74) is 20.7. The van der Waals surface area contributed by atoms with Crippen molar-refractivity contribution in [2.45, 2.75) is 12.3 Å². The molecule has 2 heteroatoms. The van der Waals surface area contributed by atoms with Gasteiger partial charge in [-0.15, -0.1) is 0 Å². The van der Waals surface area contributed by atoms with Crippen LogP contribution < -0.4 is 4.90 Å². The van der Waals surface area contributed by atoms with Gasteiger partial charge in [0, 0.05) is 22.1 Å². The third-order valence-corrected chi connectivity index (χ3v) is 13.4. The largest absolute Gasteiger partial charge is 0.456 e. The number of anilines is 3. The van der Waals surface area contributed by atoms with E-state index in [0.29, 0.717) is 0 Å². The number of hydrogen-bond acceptors (Lipinski definition) is 2. The summed E-state index contributed by atoms with van der Waals surface area (Å²) in [6, 6.07) is 87.9. The van der Waals surface area contributed by atoms with E-state index < -0.39 is 0 Å². The Morgan fingerprint density at radius 2 is 0.875 bits per heavy atom. The van der Waals surface area contributed by atoms with Crippen LogP contribution in [0.15, 0.2) is 247 Å². The van der Waals surface area contributed by atoms with Crippen molar-refractivity contribution in [3.05, 3.63) is 259 Å². The Labute approximate surface area is 374 Å². The Morgan fingerprint density at radius 3 is 1.64 bits per heavy atom. The molecule has 1 aromatic heterocycles. The summed E-state index contributed by atoms with van der Waals surface area (Å²) in [6.07, 6.45) is 0. The lowest BCUT2D eigenvalue weighted by Gasteiger charge is -2.29. The molecular formula is C62H43NO. The molecule has 10 aromatic carbocycles. The highest BCUT2D eigenvalue weighted by atomic mass is 16.3. The van der Waals surface area contributed by atoms with Crippen LogP contribution in [0.4, 0.5) is 17.1 Å². The van der Waals surface area contributed by atoms with Crippen molar-refractivity contribution in [1.82, 2.24) is 0 Å². The molecule has 11 aromatic rings. The molecule has 0 radical (unpaired) electrons. The summed E-state index contributed by atoms with van der Waals surface area (Å²) in [5.74, 6) is 0. The van der Waals surface area contributed by atoms with Crippen LogP contribution in [0.3, 0.4) is 0 Å². The average Bonchev–Trinajstić information content (AvgIpc) is 3.88. The highest BCUT2D eigenvalue weighted by Gasteiger charge is 2.40. The van der Waals surface area contributed by atoms with Crippen molar-refractivity contribution in [2.75, 3.05) is 4.90 Å². The minimum Gasteiger partial charge on any atom is -0.456 e. The molecule has 2 nitrogen and oxygen atoms in total. The van der Waals surface area contributed by atoms with Gasteiger partial charge in [0.1, 0.15) is 11.2 Å². The number of fused-ring (bicyclic) bond motifs is 6. The summed E-state index contributed by atoms with van der Waals surface area (Å²) in [5, 5.41) is 2.17. The Kier molecular flexibility index (Phi) is 8.98. The first-order chi connectivity index (χ1) is 31.6. The van der Waals surface area contributed by atoms with Crippen LogP contribution in [0.25, 0.3) is 77.6 Å². The van der Waals surface area contributed by atoms with E-state index in [2.05, 4.69) is 248 Å². The van der Waals surface area contributed by atoms with Gasteiger partial charge in [0.05, 0.1) is 16.8 Å². The quantitative estimate of drug-likeness (QED) is 0.152. The highest BCUT2D eigenvalue weighted by Crippen LogP contribution is 2.54. The van der Waals surface area contributed by atoms with E-state index in [1.807, 2.05) is 6.07 Å². The Morgan fingerprint density at radius 1 is 0.344 bits per heavy atom. The molecule has 0 aliphatic heterocycles. The van der Waals surface area contributed by atoms with E-state index in [1.54, 1.807) is 0 Å². The van der Waals surface area contributed by atoms with Crippen LogP contribution in [-0.2, 0) is 5.41 Å². The first-order valence-electron chi connectivity index (χ1n) is 22.1. The van der Waals surface area contributed by atoms with Gasteiger partial charge in [0.15, 0.2) is 0 Å². The van der Waals surface area contributed by atoms with Gasteiger partial charge in [0.2, 0.25) is 0 Å². The minimum atomic E-state index is -0.270. The zero-order valence-electron chi connectivity index (χ0n) is 35.4. The van der Waals surface area contributed by atoms with Crippen LogP contribution >= 0.6 is 0 Å². The van der Waals surface area contributed by atoms with Crippen LogP contribution in [0.2, 0.25) is 0 Å². The van der Waals surface area contributed by atoms with Gasteiger partial charge in [-0.05, 0) is 116 Å². The molecule has 64 heavy (non-hydrogen) atoms. The predicted molar refractivity (Wildman–Crippen MR) is 268 cm³/mol. The lowest BCUT2D eigenvalue weighted by molar-refractivity contribution is 0.669. The van der Waals surface area contributed by atoms with E-state index in [4.69, 9.17) is 4.42 Å². The molecule has 1 atom stereocenters. The fourth-order valence-electron chi connectivity index (χ4n) is 10.3. The van der Waals surface area contributed by atoms with E-state index in [0.717, 1.165) is 50.1 Å². The fraction of sp³-hybridized carbons (Fsp3) is 0.0323. The summed E-state index contributed by atoms with van der Waals surface area (Å²) in [4.78, 5) is 2.43. The smallest absolute Gasteiger partial charge is 0.137 e. The van der Waals surface area contributed by atoms with Crippen molar-refractivity contribution in [1.29, 1.82) is 0 Å². The van der Waals surface area contributed by atoms with Crippen molar-refractivity contribution in [2.24, 2.45) is 0 Å². The van der Waals surface area contributed by atoms with E-state index in [1.165, 1.54) is 61.2 Å². The third-order valence-electron chi connectivity index (χ3n) is 13.4. The van der Waals surface area contributed by atoms with Crippen molar-refractivity contribution in [3.63, 3.8) is 0 Å². The second-order valence-corrected chi connectivity index (χ2v) is 16.9. The van der Waals surface area contributed by atoms with Crippen LogP contribution in [0, 0.1) is 0 Å². The van der Waals surface area contributed by atoms with Gasteiger partial charge in [0.25, 0.3) is 0 Å². The molecule has 0 spiro atoms. The minimum absolute atomic E-state index is 0.270. The lowest BCUT2D eigenvalue weighted by atomic mass is 9.74. The van der Waals surface area contributed by atoms with E-state index in [9.17, 15) is 0 Å². The number of hydrogen-bond donors (Lipinski definition) is 0. The van der Waals surface area contributed by atoms with E-state index >= 15 is 0 Å². The van der Waals surface area contributed by atoms with Gasteiger partial charge >= 0.3 is 0 Å². The normalized spacial score (nSPS) is 14.1. The molecule has 0 saturated carbocycles. The maximum Gasteiger partial charge on any atom is 0.137 e. The molecule has 1 unspecified atom stereocenters. The van der Waals surface area contributed by atoms with Crippen molar-refractivity contribution >= 4 is 39.0 Å². The Bertz CT molecular complexity index is 3510. The third kappa shape index (κ3) is 6.02. The maximum absolute atomic E-state index is 6.52. The summed E-state index contributed by atoms with van der Waals surface area (Å²) < 4.78 is 6.52. The fourth-order valence-corrected chi connectivity index (χ4v) is 10.3. The molecule has 1 aliphatic carbocycles. The number of nitrogens with zero attached hydrogens (tertiary/aromatic N) is 1. The van der Waals surface area contributed by atoms with Crippen LogP contribution in [0.1, 0.15) is 23.6 Å². The van der Waals surface area contributed by atoms with Crippen molar-refractivity contribution in [3.8, 4) is 55.6 Å². The first kappa shape index (κ1) is 37.6. The average molecular weight is 818 g/mol. The van der Waals surface area contributed by atoms with E-state index in [-0.39, 0.29) is 5.41 Å². The number of para-hydroxylation sites is 2.